The molecule has 0 fully saturated rings. The average molecular weight is 1010 g/mol. The van der Waals surface area contributed by atoms with Gasteiger partial charge in [0.05, 0.1) is 0 Å². The molecule has 0 aliphatic heterocycles. The summed E-state index contributed by atoms with van der Waals surface area (Å²) in [6, 6.07) is 97.0. The van der Waals surface area contributed by atoms with E-state index in [1.807, 2.05) is 0 Å². The molecule has 0 saturated heterocycles. The van der Waals surface area contributed by atoms with Gasteiger partial charge >= 0.3 is 20.1 Å². The first-order chi connectivity index (χ1) is 29.3. The third-order valence-electron chi connectivity index (χ3n) is 9.13. The van der Waals surface area contributed by atoms with Crippen LogP contribution in [0.5, 0.6) is 0 Å². The summed E-state index contributed by atoms with van der Waals surface area (Å²) in [7, 11) is -1.34. The van der Waals surface area contributed by atoms with Crippen LogP contribution in [0.15, 0.2) is 273 Å². The van der Waals surface area contributed by atoms with Crippen molar-refractivity contribution < 1.29 is 30.6 Å². The smallest absolute Gasteiger partial charge is 1.00 e. The minimum absolute atomic E-state index is 0. The van der Waals surface area contributed by atoms with E-state index in [2.05, 4.69) is 280 Å². The van der Waals surface area contributed by atoms with Crippen molar-refractivity contribution in [3.05, 3.63) is 273 Å². The van der Waals surface area contributed by atoms with E-state index in [-0.39, 0.29) is 25.8 Å². The van der Waals surface area contributed by atoms with Gasteiger partial charge in [0.2, 0.25) is 0 Å². The van der Waals surface area contributed by atoms with E-state index in [0.717, 1.165) is 0 Å². The van der Waals surface area contributed by atoms with Crippen molar-refractivity contribution in [1.29, 1.82) is 0 Å². The van der Waals surface area contributed by atoms with Crippen molar-refractivity contribution >= 4 is 78.3 Å². The molecule has 299 valence electrons. The van der Waals surface area contributed by atoms with Gasteiger partial charge < -0.3 is 5.71 Å². The fourth-order valence-electron chi connectivity index (χ4n) is 6.54. The second kappa shape index (κ2) is 25.9. The fourth-order valence-corrected chi connectivity index (χ4v) is 13.5. The number of hydrogen-bond acceptors (Lipinski definition) is 1. The van der Waals surface area contributed by atoms with Crippen LogP contribution in [-0.2, 0) is 24.9 Å². The fraction of sp³-hybridized carbons (Fsp3) is 0. The second-order valence-corrected chi connectivity index (χ2v) is 19.7. The summed E-state index contributed by atoms with van der Waals surface area (Å²) in [5.41, 5.74) is 0. The quantitative estimate of drug-likeness (QED) is 0.132. The Kier molecular flexibility index (Phi) is 19.7. The Hall–Kier alpha value is -5.41. The summed E-state index contributed by atoms with van der Waals surface area (Å²) >= 11 is 0. The largest absolute Gasteiger partial charge is 4.00 e. The summed E-state index contributed by atoms with van der Waals surface area (Å²) in [6.07, 6.45) is 0. The van der Waals surface area contributed by atoms with Crippen LogP contribution in [0, 0.1) is 0 Å². The molecule has 60 heavy (non-hydrogen) atoms. The molecule has 9 rings (SSSR count). The van der Waals surface area contributed by atoms with Gasteiger partial charge in [-0.3, -0.25) is 4.79 Å². The number of rotatable bonds is 9. The van der Waals surface area contributed by atoms with E-state index in [1.54, 1.807) is 0 Å². The van der Waals surface area contributed by atoms with Crippen LogP contribution >= 0.6 is 23.8 Å². The second-order valence-electron chi connectivity index (χ2n) is 13.0. The van der Waals surface area contributed by atoms with Gasteiger partial charge in [-0.25, -0.2) is 0 Å². The molecule has 9 aromatic carbocycles. The summed E-state index contributed by atoms with van der Waals surface area (Å²) in [5.74, 6) is 0. The number of carbonyl (C=O) groups excluding carboxylic acids is 1. The molecule has 0 atom stereocenters. The summed E-state index contributed by atoms with van der Waals surface area (Å²) in [4.78, 5) is 7.50. The zero-order valence-corrected chi connectivity index (χ0v) is 38.1. The molecule has 9 aromatic rings. The van der Waals surface area contributed by atoms with Gasteiger partial charge in [-0.15, -0.1) is 0 Å². The third kappa shape index (κ3) is 13.3. The van der Waals surface area contributed by atoms with Crippen molar-refractivity contribution in [3.63, 3.8) is 0 Å². The van der Waals surface area contributed by atoms with E-state index < -0.39 is 23.8 Å². The zero-order chi connectivity index (χ0) is 40.7. The van der Waals surface area contributed by atoms with Crippen LogP contribution in [0.2, 0.25) is 0 Å². The predicted octanol–water partition coefficient (Wildman–Crippen LogP) is 10.4. The molecule has 0 heterocycles. The number of hydrogen-bond donors (Lipinski definition) is 0. The van der Waals surface area contributed by atoms with E-state index >= 15 is 0 Å². The topological polar surface area (TPSA) is 17.1 Å². The maximum atomic E-state index is 7.50. The van der Waals surface area contributed by atoms with E-state index in [4.69, 9.17) is 4.79 Å². The molecule has 0 saturated carbocycles. The minimum Gasteiger partial charge on any atom is -1.00 e. The van der Waals surface area contributed by atoms with Crippen molar-refractivity contribution in [2.24, 2.45) is 0 Å². The average Bonchev–Trinajstić information content (AvgIpc) is 3.34. The van der Waals surface area contributed by atoms with Crippen molar-refractivity contribution in [3.8, 4) is 0 Å². The van der Waals surface area contributed by atoms with Crippen LogP contribution in [0.1, 0.15) is 5.71 Å². The minimum atomic E-state index is -0.446. The zero-order valence-electron chi connectivity index (χ0n) is 37.1. The van der Waals surface area contributed by atoms with Crippen molar-refractivity contribution in [1.82, 2.24) is 0 Å². The monoisotopic (exact) mass is 1010 g/mol. The van der Waals surface area contributed by atoms with E-state index in [9.17, 15) is 0 Å². The Morgan fingerprint density at radius 2 is 0.283 bits per heavy atom. The van der Waals surface area contributed by atoms with Crippen LogP contribution in [-0.4, -0.2) is 6.79 Å². The molecule has 0 bridgehead atoms. The molecule has 3 radical (unpaired) electrons. The van der Waals surface area contributed by atoms with Crippen LogP contribution in [0.4, 0.5) is 0 Å². The Morgan fingerprint density at radius 1 is 0.200 bits per heavy atom. The molecular weight excluding hydrogens is 962 g/mol. The summed E-state index contributed by atoms with van der Waals surface area (Å²) in [6.45, 7) is 4.50. The summed E-state index contributed by atoms with van der Waals surface area (Å²) < 4.78 is 0. The molecule has 1 nitrogen and oxygen atoms in total. The first-order valence-corrected chi connectivity index (χ1v) is 23.4. The van der Waals surface area contributed by atoms with Gasteiger partial charge in [0, 0.05) is 0 Å². The van der Waals surface area contributed by atoms with Gasteiger partial charge in [0.1, 0.15) is 0 Å². The Bertz CT molecular complexity index is 1910. The van der Waals surface area contributed by atoms with Gasteiger partial charge in [-0.05, 0) is 71.5 Å². The van der Waals surface area contributed by atoms with Crippen molar-refractivity contribution in [2.75, 3.05) is 0 Å². The van der Waals surface area contributed by atoms with Gasteiger partial charge in [0.15, 0.2) is 0 Å². The molecule has 0 amide bonds. The van der Waals surface area contributed by atoms with Crippen molar-refractivity contribution in [2.45, 2.75) is 0 Å². The predicted molar refractivity (Wildman–Crippen MR) is 266 cm³/mol. The first-order valence-electron chi connectivity index (χ1n) is 19.4. The van der Waals surface area contributed by atoms with Crippen LogP contribution < -0.4 is 47.7 Å². The third-order valence-corrected chi connectivity index (χ3v) is 16.5. The summed E-state index contributed by atoms with van der Waals surface area (Å²) in [5, 5.41) is 12.6. The molecule has 0 aliphatic rings. The van der Waals surface area contributed by atoms with Crippen LogP contribution in [0.3, 0.4) is 0 Å². The Labute approximate surface area is 379 Å². The van der Waals surface area contributed by atoms with Gasteiger partial charge in [-0.1, -0.05) is 273 Å². The molecule has 0 aliphatic carbocycles. The molecule has 0 spiro atoms. The maximum Gasteiger partial charge on any atom is 4.00 e. The number of benzene rings is 9. The Morgan fingerprint density at radius 3 is 0.367 bits per heavy atom. The van der Waals surface area contributed by atoms with E-state index in [0.29, 0.717) is 0 Å². The molecular formula is C55H49IrOP3. The maximum absolute atomic E-state index is 7.50. The molecule has 0 N–H and O–H groups in total. The van der Waals surface area contributed by atoms with E-state index in [1.165, 1.54) is 47.7 Å². The van der Waals surface area contributed by atoms with Crippen LogP contribution in [0.25, 0.3) is 0 Å². The SMILES string of the molecule is [C]=O.[H-].[H-].[H-].[H-].[Ir+4].c1ccc(P(c2ccccc2)c2ccccc2)cc1.c1ccc(P(c2ccccc2)c2ccccc2)cc1.c1ccc(P(c2ccccc2)c2ccccc2)cc1. The van der Waals surface area contributed by atoms with Gasteiger partial charge in [-0.2, -0.15) is 0 Å². The van der Waals surface area contributed by atoms with Gasteiger partial charge in [0.25, 0.3) is 6.79 Å². The molecule has 5 heteroatoms. The standard InChI is InChI=1S/3C18H15P.CO.Ir.4H/c3*1-4-10-16(11-5-1)19(17-12-6-2-7-13-17)18-14-8-3-9-15-18;1-2;;;;;/h3*1-15H;;;;;;/q;;;;+4;4*-1. The normalized spacial score (nSPS) is 10.1. The molecule has 0 aromatic heterocycles. The molecule has 0 unspecified atom stereocenters. The Balaban J connectivity index is 0.000000453. The first kappa shape index (κ1) is 45.7.